The van der Waals surface area contributed by atoms with E-state index in [1.807, 2.05) is 0 Å². The first kappa shape index (κ1) is 16.9. The molecule has 23 heavy (non-hydrogen) atoms. The van der Waals surface area contributed by atoms with Gasteiger partial charge >= 0.3 is 5.69 Å². The van der Waals surface area contributed by atoms with Crippen LogP contribution in [0.15, 0.2) is 21.7 Å². The van der Waals surface area contributed by atoms with E-state index in [1.165, 1.54) is 30.8 Å². The monoisotopic (exact) mass is 320 g/mol. The van der Waals surface area contributed by atoms with Gasteiger partial charge in [-0.2, -0.15) is 0 Å². The van der Waals surface area contributed by atoms with Gasteiger partial charge in [-0.15, -0.1) is 0 Å². The number of hydrogen-bond acceptors (Lipinski definition) is 5. The fourth-order valence-corrected chi connectivity index (χ4v) is 2.24. The van der Waals surface area contributed by atoms with Crippen LogP contribution in [0.4, 0.5) is 0 Å². The van der Waals surface area contributed by atoms with Gasteiger partial charge in [-0.3, -0.25) is 18.7 Å². The van der Waals surface area contributed by atoms with E-state index in [0.717, 1.165) is 17.4 Å². The van der Waals surface area contributed by atoms with Gasteiger partial charge < -0.3 is 10.1 Å². The lowest BCUT2D eigenvalue weighted by Crippen LogP contribution is -2.37. The molecule has 0 aliphatic heterocycles. The molecule has 0 aliphatic rings. The number of amides is 1. The Morgan fingerprint density at radius 3 is 2.65 bits per heavy atom. The molecule has 0 saturated heterocycles. The number of hydrogen-bond donors (Lipinski definition) is 1. The summed E-state index contributed by atoms with van der Waals surface area (Å²) < 4.78 is 7.21. The quantitative estimate of drug-likeness (QED) is 0.743. The molecule has 0 aromatic carbocycles. The summed E-state index contributed by atoms with van der Waals surface area (Å²) in [6, 6.07) is 3.00. The van der Waals surface area contributed by atoms with Crippen molar-refractivity contribution in [3.05, 3.63) is 38.7 Å². The number of unbranched alkanes of at least 4 members (excludes halogenated alkanes) is 1. The highest BCUT2D eigenvalue weighted by molar-refractivity contribution is 5.94. The maximum Gasteiger partial charge on any atom is 0.332 e. The maximum atomic E-state index is 12.1. The van der Waals surface area contributed by atoms with Crippen molar-refractivity contribution < 1.29 is 9.53 Å². The SMILES string of the molecule is COCCCCNC(=O)c1ccc2c(=O)n(C)c(=O)n(C)c2n1. The zero-order valence-corrected chi connectivity index (χ0v) is 13.5. The first-order valence-electron chi connectivity index (χ1n) is 7.31. The predicted octanol–water partition coefficient (Wildman–Crippen LogP) is -0.211. The Labute approximate surface area is 132 Å². The number of aromatic nitrogens is 3. The summed E-state index contributed by atoms with van der Waals surface area (Å²) in [6.45, 7) is 1.16. The smallest absolute Gasteiger partial charge is 0.332 e. The molecule has 0 aliphatic carbocycles. The molecular weight excluding hydrogens is 300 g/mol. The van der Waals surface area contributed by atoms with Crippen LogP contribution in [0.25, 0.3) is 11.0 Å². The molecule has 2 aromatic heterocycles. The number of carbonyl (C=O) groups excluding carboxylic acids is 1. The molecule has 124 valence electrons. The molecule has 2 rings (SSSR count). The first-order chi connectivity index (χ1) is 11.0. The lowest BCUT2D eigenvalue weighted by Gasteiger charge is -2.08. The average Bonchev–Trinajstić information content (AvgIpc) is 2.57. The number of nitrogens with one attached hydrogen (secondary N) is 1. The van der Waals surface area contributed by atoms with Crippen LogP contribution in [0.3, 0.4) is 0 Å². The topological polar surface area (TPSA) is 95.2 Å². The number of nitrogens with zero attached hydrogens (tertiary/aromatic N) is 3. The van der Waals surface area contributed by atoms with Crippen molar-refractivity contribution in [2.75, 3.05) is 20.3 Å². The molecule has 8 heteroatoms. The molecule has 0 fully saturated rings. The van der Waals surface area contributed by atoms with Crippen molar-refractivity contribution in [3.63, 3.8) is 0 Å². The summed E-state index contributed by atoms with van der Waals surface area (Å²) in [4.78, 5) is 40.2. The predicted molar refractivity (Wildman–Crippen MR) is 85.7 cm³/mol. The summed E-state index contributed by atoms with van der Waals surface area (Å²) in [5.74, 6) is -0.336. The van der Waals surface area contributed by atoms with Crippen LogP contribution < -0.4 is 16.6 Å². The summed E-state index contributed by atoms with van der Waals surface area (Å²) in [6.07, 6.45) is 1.65. The third kappa shape index (κ3) is 3.48. The van der Waals surface area contributed by atoms with Gasteiger partial charge in [0, 0.05) is 34.4 Å². The molecule has 0 atom stereocenters. The van der Waals surface area contributed by atoms with Crippen LogP contribution in [-0.4, -0.2) is 40.3 Å². The Morgan fingerprint density at radius 2 is 1.96 bits per heavy atom. The molecule has 0 saturated carbocycles. The molecule has 0 radical (unpaired) electrons. The molecule has 2 aromatic rings. The van der Waals surface area contributed by atoms with E-state index in [2.05, 4.69) is 10.3 Å². The van der Waals surface area contributed by atoms with Crippen molar-refractivity contribution in [1.29, 1.82) is 0 Å². The zero-order chi connectivity index (χ0) is 17.0. The van der Waals surface area contributed by atoms with Crippen molar-refractivity contribution >= 4 is 16.9 Å². The number of methoxy groups -OCH3 is 1. The second-order valence-corrected chi connectivity index (χ2v) is 5.23. The van der Waals surface area contributed by atoms with Crippen LogP contribution in [0.2, 0.25) is 0 Å². The summed E-state index contributed by atoms with van der Waals surface area (Å²) >= 11 is 0. The van der Waals surface area contributed by atoms with Gasteiger partial charge in [-0.1, -0.05) is 0 Å². The van der Waals surface area contributed by atoms with Crippen molar-refractivity contribution in [2.45, 2.75) is 12.8 Å². The maximum absolute atomic E-state index is 12.1. The number of carbonyl (C=O) groups is 1. The lowest BCUT2D eigenvalue weighted by molar-refractivity contribution is 0.0946. The van der Waals surface area contributed by atoms with E-state index < -0.39 is 11.2 Å². The van der Waals surface area contributed by atoms with Gasteiger partial charge in [0.2, 0.25) is 0 Å². The van der Waals surface area contributed by atoms with Crippen molar-refractivity contribution in [1.82, 2.24) is 19.4 Å². The van der Waals surface area contributed by atoms with Gasteiger partial charge in [0.1, 0.15) is 11.3 Å². The Morgan fingerprint density at radius 1 is 1.22 bits per heavy atom. The molecule has 0 bridgehead atoms. The van der Waals surface area contributed by atoms with Crippen molar-refractivity contribution in [3.8, 4) is 0 Å². The molecule has 1 amide bonds. The second kappa shape index (κ2) is 7.19. The Hall–Kier alpha value is -2.48. The van der Waals surface area contributed by atoms with E-state index in [4.69, 9.17) is 4.74 Å². The normalized spacial score (nSPS) is 10.9. The summed E-state index contributed by atoms with van der Waals surface area (Å²) in [5.41, 5.74) is -0.535. The van der Waals surface area contributed by atoms with Gasteiger partial charge in [0.15, 0.2) is 0 Å². The second-order valence-electron chi connectivity index (χ2n) is 5.23. The Balaban J connectivity index is 2.25. The summed E-state index contributed by atoms with van der Waals surface area (Å²) in [5, 5.41) is 3.05. The third-order valence-corrected chi connectivity index (χ3v) is 3.60. The van der Waals surface area contributed by atoms with Crippen LogP contribution in [0.5, 0.6) is 0 Å². The highest BCUT2D eigenvalue weighted by Gasteiger charge is 2.13. The molecular formula is C15H20N4O4. The highest BCUT2D eigenvalue weighted by Crippen LogP contribution is 2.06. The largest absolute Gasteiger partial charge is 0.385 e. The van der Waals surface area contributed by atoms with Gasteiger partial charge in [-0.05, 0) is 25.0 Å². The fraction of sp³-hybridized carbons (Fsp3) is 0.467. The highest BCUT2D eigenvalue weighted by atomic mass is 16.5. The number of ether oxygens (including phenoxy) is 1. The standard InChI is InChI=1S/C15H20N4O4/c1-18-12-10(14(21)19(2)15(18)22)6-7-11(17-12)13(20)16-8-4-5-9-23-3/h6-7H,4-5,8-9H2,1-3H3,(H,16,20). The Kier molecular flexibility index (Phi) is 5.28. The summed E-state index contributed by atoms with van der Waals surface area (Å²) in [7, 11) is 4.56. The third-order valence-electron chi connectivity index (χ3n) is 3.60. The molecule has 2 heterocycles. The fourth-order valence-electron chi connectivity index (χ4n) is 2.24. The van der Waals surface area contributed by atoms with Crippen LogP contribution >= 0.6 is 0 Å². The van der Waals surface area contributed by atoms with E-state index >= 15 is 0 Å². The van der Waals surface area contributed by atoms with Crippen LogP contribution in [-0.2, 0) is 18.8 Å². The number of pyridine rings is 1. The average molecular weight is 320 g/mol. The number of fused-ring (bicyclic) bond motifs is 1. The van der Waals surface area contributed by atoms with Crippen molar-refractivity contribution in [2.24, 2.45) is 14.1 Å². The molecule has 0 spiro atoms. The van der Waals surface area contributed by atoms with E-state index in [9.17, 15) is 14.4 Å². The lowest BCUT2D eigenvalue weighted by atomic mass is 10.2. The molecule has 8 nitrogen and oxygen atoms in total. The van der Waals surface area contributed by atoms with Gasteiger partial charge in [-0.25, -0.2) is 9.78 Å². The molecule has 1 N–H and O–H groups in total. The van der Waals surface area contributed by atoms with Gasteiger partial charge in [0.05, 0.1) is 5.39 Å². The van der Waals surface area contributed by atoms with Crippen LogP contribution in [0.1, 0.15) is 23.3 Å². The minimum absolute atomic E-state index is 0.174. The van der Waals surface area contributed by atoms with E-state index in [-0.39, 0.29) is 17.2 Å². The Bertz CT molecular complexity index is 838. The van der Waals surface area contributed by atoms with Crippen LogP contribution in [0, 0.1) is 0 Å². The van der Waals surface area contributed by atoms with E-state index in [0.29, 0.717) is 18.5 Å². The molecule has 0 unspecified atom stereocenters. The zero-order valence-electron chi connectivity index (χ0n) is 13.5. The van der Waals surface area contributed by atoms with Gasteiger partial charge in [0.25, 0.3) is 11.5 Å². The first-order valence-corrected chi connectivity index (χ1v) is 7.31. The number of aryl methyl sites for hydroxylation is 1. The number of rotatable bonds is 6. The minimum atomic E-state index is -0.480. The van der Waals surface area contributed by atoms with E-state index in [1.54, 1.807) is 7.11 Å². The minimum Gasteiger partial charge on any atom is -0.385 e.